The third kappa shape index (κ3) is 4.80. The van der Waals surface area contributed by atoms with Crippen LogP contribution >= 0.6 is 0 Å². The van der Waals surface area contributed by atoms with Gasteiger partial charge in [-0.25, -0.2) is 0 Å². The van der Waals surface area contributed by atoms with Gasteiger partial charge in [0.25, 0.3) is 11.5 Å². The van der Waals surface area contributed by atoms with Crippen LogP contribution in [-0.4, -0.2) is 54.7 Å². The van der Waals surface area contributed by atoms with Crippen molar-refractivity contribution in [2.24, 2.45) is 5.92 Å². The molecule has 2 bridgehead atoms. The predicted molar refractivity (Wildman–Crippen MR) is 115 cm³/mol. The molecule has 0 saturated carbocycles. The normalized spacial score (nSPS) is 19.5. The summed E-state index contributed by atoms with van der Waals surface area (Å²) in [6.45, 7) is 2.01. The summed E-state index contributed by atoms with van der Waals surface area (Å²) in [5, 5.41) is 2.69. The van der Waals surface area contributed by atoms with E-state index in [4.69, 9.17) is 9.47 Å². The number of carbonyl (C=O) groups is 2. The molecule has 1 N–H and O–H groups in total. The highest BCUT2D eigenvalue weighted by atomic mass is 16.5. The van der Waals surface area contributed by atoms with Gasteiger partial charge in [0.1, 0.15) is 11.4 Å². The molecular weight excluding hydrogens is 398 g/mol. The summed E-state index contributed by atoms with van der Waals surface area (Å²) >= 11 is 0. The molecule has 0 unspecified atom stereocenters. The fourth-order valence-corrected chi connectivity index (χ4v) is 4.41. The van der Waals surface area contributed by atoms with Crippen molar-refractivity contribution in [1.82, 2.24) is 9.47 Å². The molecule has 164 valence electrons. The van der Waals surface area contributed by atoms with Crippen LogP contribution in [0.5, 0.6) is 5.75 Å². The van der Waals surface area contributed by atoms with E-state index >= 15 is 0 Å². The van der Waals surface area contributed by atoms with Gasteiger partial charge in [0.15, 0.2) is 6.61 Å². The maximum Gasteiger partial charge on any atom is 0.274 e. The minimum absolute atomic E-state index is 0.00268. The molecule has 2 amide bonds. The fourth-order valence-electron chi connectivity index (χ4n) is 4.41. The van der Waals surface area contributed by atoms with E-state index in [0.717, 1.165) is 12.1 Å². The van der Waals surface area contributed by atoms with Crippen LogP contribution in [0, 0.1) is 5.92 Å². The minimum atomic E-state index is -0.245. The average Bonchev–Trinajstić information content (AvgIpc) is 2.79. The van der Waals surface area contributed by atoms with Crippen LogP contribution in [0.1, 0.15) is 24.5 Å². The van der Waals surface area contributed by atoms with Gasteiger partial charge in [-0.3, -0.25) is 14.4 Å². The van der Waals surface area contributed by atoms with E-state index in [0.29, 0.717) is 32.0 Å². The lowest BCUT2D eigenvalue weighted by molar-refractivity contribution is -0.136. The molecular formula is C23H27N3O5. The van der Waals surface area contributed by atoms with E-state index in [9.17, 15) is 14.4 Å². The van der Waals surface area contributed by atoms with Crippen LogP contribution in [0.15, 0.2) is 47.3 Å². The monoisotopic (exact) mass is 425 g/mol. The third-order valence-electron chi connectivity index (χ3n) is 5.87. The number of para-hydroxylation sites is 1. The molecule has 1 aromatic heterocycles. The van der Waals surface area contributed by atoms with Gasteiger partial charge in [0.2, 0.25) is 5.91 Å². The molecule has 2 aliphatic heterocycles. The third-order valence-corrected chi connectivity index (χ3v) is 5.87. The fraction of sp³-hybridized carbons (Fsp3) is 0.435. The highest BCUT2D eigenvalue weighted by molar-refractivity contribution is 5.90. The van der Waals surface area contributed by atoms with E-state index < -0.39 is 0 Å². The van der Waals surface area contributed by atoms with Gasteiger partial charge in [-0.1, -0.05) is 18.2 Å². The standard InChI is InChI=1S/C23H27N3O5/c1-30-10-9-21(27)24-19-7-8-20-17-11-16(13-26(20)23(19)29)12-25(14-17)22(28)15-31-18-5-3-2-4-6-18/h2-8,16-17H,9-15H2,1H3,(H,24,27)/t16-,17-/m1/s1. The first-order valence-electron chi connectivity index (χ1n) is 10.5. The number of nitrogens with one attached hydrogen (secondary N) is 1. The van der Waals surface area contributed by atoms with Crippen molar-refractivity contribution in [1.29, 1.82) is 0 Å². The van der Waals surface area contributed by atoms with Crippen LogP contribution in [-0.2, 0) is 20.9 Å². The first kappa shape index (κ1) is 21.1. The molecule has 2 aromatic rings. The Labute approximate surface area is 180 Å². The van der Waals surface area contributed by atoms with Gasteiger partial charge in [0, 0.05) is 38.4 Å². The lowest BCUT2D eigenvalue weighted by Gasteiger charge is -2.42. The number of pyridine rings is 1. The SMILES string of the molecule is COCCC(=O)Nc1ccc2n(c1=O)C[C@@H]1C[C@@H]2CN(C(=O)COc2ccccc2)C1. The Morgan fingerprint density at radius 2 is 1.90 bits per heavy atom. The highest BCUT2D eigenvalue weighted by Crippen LogP contribution is 2.35. The first-order chi connectivity index (χ1) is 15.0. The van der Waals surface area contributed by atoms with Crippen molar-refractivity contribution in [2.45, 2.75) is 25.3 Å². The highest BCUT2D eigenvalue weighted by Gasteiger charge is 2.36. The number of carbonyl (C=O) groups excluding carboxylic acids is 2. The van der Waals surface area contributed by atoms with Crippen LogP contribution in [0.4, 0.5) is 5.69 Å². The molecule has 0 radical (unpaired) electrons. The first-order valence-corrected chi connectivity index (χ1v) is 10.5. The molecule has 1 fully saturated rings. The quantitative estimate of drug-likeness (QED) is 0.731. The molecule has 2 aliphatic rings. The Kier molecular flexibility index (Phi) is 6.36. The van der Waals surface area contributed by atoms with Crippen molar-refractivity contribution in [3.05, 3.63) is 58.5 Å². The Bertz CT molecular complexity index is 1000. The van der Waals surface area contributed by atoms with Crippen molar-refractivity contribution >= 4 is 17.5 Å². The maximum absolute atomic E-state index is 12.9. The van der Waals surface area contributed by atoms with Crippen molar-refractivity contribution in [3.63, 3.8) is 0 Å². The number of aromatic nitrogens is 1. The molecule has 3 heterocycles. The molecule has 4 rings (SSSR count). The molecule has 2 atom stereocenters. The number of rotatable bonds is 7. The largest absolute Gasteiger partial charge is 0.484 e. The van der Waals surface area contributed by atoms with Crippen molar-refractivity contribution in [3.8, 4) is 5.75 Å². The number of ether oxygens (including phenoxy) is 2. The number of piperidine rings is 1. The van der Waals surface area contributed by atoms with E-state index in [1.807, 2.05) is 41.3 Å². The van der Waals surface area contributed by atoms with Gasteiger partial charge < -0.3 is 24.3 Å². The van der Waals surface area contributed by atoms with Crippen LogP contribution in [0.25, 0.3) is 0 Å². The summed E-state index contributed by atoms with van der Waals surface area (Å²) in [4.78, 5) is 39.5. The van der Waals surface area contributed by atoms with Gasteiger partial charge in [0.05, 0.1) is 13.0 Å². The summed E-state index contributed by atoms with van der Waals surface area (Å²) in [5.41, 5.74) is 1.01. The zero-order valence-corrected chi connectivity index (χ0v) is 17.6. The lowest BCUT2D eigenvalue weighted by atomic mass is 9.83. The minimum Gasteiger partial charge on any atom is -0.484 e. The van der Waals surface area contributed by atoms with Gasteiger partial charge in [-0.15, -0.1) is 0 Å². The van der Waals surface area contributed by atoms with E-state index in [1.54, 1.807) is 10.6 Å². The Balaban J connectivity index is 1.43. The average molecular weight is 425 g/mol. The Morgan fingerprint density at radius 3 is 2.68 bits per heavy atom. The second-order valence-corrected chi connectivity index (χ2v) is 8.08. The van der Waals surface area contributed by atoms with Crippen molar-refractivity contribution in [2.75, 3.05) is 38.7 Å². The topological polar surface area (TPSA) is 89.9 Å². The van der Waals surface area contributed by atoms with Crippen LogP contribution in [0.3, 0.4) is 0 Å². The molecule has 1 aromatic carbocycles. The Morgan fingerprint density at radius 1 is 1.10 bits per heavy atom. The lowest BCUT2D eigenvalue weighted by Crippen LogP contribution is -2.50. The zero-order valence-electron chi connectivity index (χ0n) is 17.6. The van der Waals surface area contributed by atoms with Crippen LogP contribution in [0.2, 0.25) is 0 Å². The number of likely N-dealkylation sites (tertiary alicyclic amines) is 1. The van der Waals surface area contributed by atoms with Gasteiger partial charge in [-0.05, 0) is 36.6 Å². The van der Waals surface area contributed by atoms with E-state index in [-0.39, 0.29) is 47.9 Å². The molecule has 31 heavy (non-hydrogen) atoms. The smallest absolute Gasteiger partial charge is 0.274 e. The van der Waals surface area contributed by atoms with Crippen molar-refractivity contribution < 1.29 is 19.1 Å². The molecule has 1 saturated heterocycles. The molecule has 0 aliphatic carbocycles. The van der Waals surface area contributed by atoms with E-state index in [1.165, 1.54) is 7.11 Å². The number of methoxy groups -OCH3 is 1. The number of amides is 2. The zero-order chi connectivity index (χ0) is 21.8. The number of nitrogens with zero attached hydrogens (tertiary/aromatic N) is 2. The molecule has 8 nitrogen and oxygen atoms in total. The summed E-state index contributed by atoms with van der Waals surface area (Å²) < 4.78 is 12.3. The number of anilines is 1. The number of fused-ring (bicyclic) bond motifs is 4. The maximum atomic E-state index is 12.9. The second kappa shape index (κ2) is 9.34. The number of hydrogen-bond acceptors (Lipinski definition) is 5. The van der Waals surface area contributed by atoms with E-state index in [2.05, 4.69) is 5.32 Å². The molecule has 0 spiro atoms. The van der Waals surface area contributed by atoms with Gasteiger partial charge in [-0.2, -0.15) is 0 Å². The summed E-state index contributed by atoms with van der Waals surface area (Å²) in [6.07, 6.45) is 1.15. The number of hydrogen-bond donors (Lipinski definition) is 1. The second-order valence-electron chi connectivity index (χ2n) is 8.08. The summed E-state index contributed by atoms with van der Waals surface area (Å²) in [5.74, 6) is 0.676. The summed E-state index contributed by atoms with van der Waals surface area (Å²) in [7, 11) is 1.53. The molecule has 8 heteroatoms. The predicted octanol–water partition coefficient (Wildman–Crippen LogP) is 1.85. The Hall–Kier alpha value is -3.13. The summed E-state index contributed by atoms with van der Waals surface area (Å²) in [6, 6.07) is 12.8. The number of benzene rings is 1. The van der Waals surface area contributed by atoms with Crippen LogP contribution < -0.4 is 15.6 Å². The van der Waals surface area contributed by atoms with Gasteiger partial charge >= 0.3 is 0 Å².